The Labute approximate surface area is 162 Å². The number of carbonyl (C=O) groups excluding carboxylic acids is 1. The van der Waals surface area contributed by atoms with E-state index in [4.69, 9.17) is 15.7 Å². The molecule has 144 valence electrons. The number of nitrogen functional groups attached to an aromatic ring is 1. The van der Waals surface area contributed by atoms with Crippen LogP contribution in [0.2, 0.25) is 0 Å². The highest BCUT2D eigenvalue weighted by molar-refractivity contribution is 5.77. The summed E-state index contributed by atoms with van der Waals surface area (Å²) in [6, 6.07) is 3.25. The van der Waals surface area contributed by atoms with Crippen LogP contribution in [-0.4, -0.2) is 68.5 Å². The van der Waals surface area contributed by atoms with Gasteiger partial charge in [0.15, 0.2) is 0 Å². The minimum atomic E-state index is 0.154. The van der Waals surface area contributed by atoms with Gasteiger partial charge in [0.25, 0.3) is 0 Å². The molecule has 1 saturated carbocycles. The van der Waals surface area contributed by atoms with E-state index in [0.717, 1.165) is 48.6 Å². The summed E-state index contributed by atoms with van der Waals surface area (Å²) in [5.74, 6) is 2.90. The molecule has 0 spiro atoms. The molecule has 6 heterocycles. The summed E-state index contributed by atoms with van der Waals surface area (Å²) < 4.78 is 0. The molecule has 9 nitrogen and oxygen atoms in total. The van der Waals surface area contributed by atoms with E-state index in [1.807, 2.05) is 11.0 Å². The number of piperazine rings is 1. The number of fused-ring (bicyclic) bond motifs is 2. The van der Waals surface area contributed by atoms with E-state index in [1.54, 1.807) is 19.3 Å². The molecule has 0 aromatic carbocycles. The topological polar surface area (TPSA) is 104 Å². The fourth-order valence-electron chi connectivity index (χ4n) is 4.97. The van der Waals surface area contributed by atoms with Crippen molar-refractivity contribution in [2.45, 2.75) is 37.9 Å². The van der Waals surface area contributed by atoms with E-state index in [-0.39, 0.29) is 11.9 Å². The number of rotatable bonds is 3. The zero-order valence-electron chi connectivity index (χ0n) is 15.7. The van der Waals surface area contributed by atoms with Gasteiger partial charge in [-0.2, -0.15) is 4.98 Å². The van der Waals surface area contributed by atoms with E-state index in [9.17, 15) is 4.79 Å². The molecule has 2 aromatic heterocycles. The number of nitrogens with two attached hydrogens (primary N) is 1. The summed E-state index contributed by atoms with van der Waals surface area (Å²) in [5, 5.41) is 0. The van der Waals surface area contributed by atoms with E-state index in [1.165, 1.54) is 12.8 Å². The maximum absolute atomic E-state index is 11.6. The Bertz CT molecular complexity index is 957. The molecule has 4 aliphatic heterocycles. The summed E-state index contributed by atoms with van der Waals surface area (Å²) in [5.41, 5.74) is 7.29. The number of hydrogen-bond acceptors (Lipinski definition) is 8. The quantitative estimate of drug-likeness (QED) is 0.825. The molecule has 2 atom stereocenters. The van der Waals surface area contributed by atoms with E-state index < -0.39 is 0 Å². The van der Waals surface area contributed by atoms with Crippen LogP contribution in [-0.2, 0) is 4.79 Å². The van der Waals surface area contributed by atoms with Crippen LogP contribution < -0.4 is 15.5 Å². The van der Waals surface area contributed by atoms with Crippen molar-refractivity contribution in [3.05, 3.63) is 18.5 Å². The number of amides is 1. The lowest BCUT2D eigenvalue weighted by atomic mass is 9.85. The average molecular weight is 378 g/mol. The van der Waals surface area contributed by atoms with Gasteiger partial charge >= 0.3 is 0 Å². The van der Waals surface area contributed by atoms with E-state index >= 15 is 0 Å². The van der Waals surface area contributed by atoms with Gasteiger partial charge in [-0.05, 0) is 18.8 Å². The third-order valence-electron chi connectivity index (χ3n) is 6.74. The lowest BCUT2D eigenvalue weighted by Gasteiger charge is -2.62. The minimum Gasteiger partial charge on any atom is -0.368 e. The Hall–Kier alpha value is -2.97. The maximum atomic E-state index is 11.6. The lowest BCUT2D eigenvalue weighted by Crippen LogP contribution is -2.80. The molecule has 1 aliphatic carbocycles. The highest BCUT2D eigenvalue weighted by atomic mass is 16.2. The molecule has 1 amide bonds. The number of hydrogen-bond donors (Lipinski definition) is 1. The smallest absolute Gasteiger partial charge is 0.228 e. The van der Waals surface area contributed by atoms with Crippen molar-refractivity contribution < 1.29 is 4.79 Å². The van der Waals surface area contributed by atoms with E-state index in [2.05, 4.69) is 19.8 Å². The molecule has 9 heteroatoms. The molecule has 5 fully saturated rings. The minimum absolute atomic E-state index is 0.154. The molecule has 0 radical (unpaired) electrons. The maximum Gasteiger partial charge on any atom is 0.228 e. The van der Waals surface area contributed by atoms with Gasteiger partial charge in [0.05, 0.1) is 17.8 Å². The Balaban J connectivity index is 1.35. The van der Waals surface area contributed by atoms with Crippen molar-refractivity contribution in [3.8, 4) is 11.3 Å². The Kier molecular flexibility index (Phi) is 3.16. The third-order valence-corrected chi connectivity index (χ3v) is 6.74. The molecule has 2 N–H and O–H groups in total. The number of likely N-dealkylation sites (tertiary alicyclic amines) is 1. The van der Waals surface area contributed by atoms with Crippen molar-refractivity contribution in [2.75, 3.05) is 35.2 Å². The molecule has 4 saturated heterocycles. The van der Waals surface area contributed by atoms with Gasteiger partial charge in [-0.15, -0.1) is 0 Å². The van der Waals surface area contributed by atoms with Crippen LogP contribution in [0.25, 0.3) is 11.3 Å². The molecule has 28 heavy (non-hydrogen) atoms. The van der Waals surface area contributed by atoms with Crippen LogP contribution >= 0.6 is 0 Å². The third kappa shape index (κ3) is 2.22. The Morgan fingerprint density at radius 3 is 2.46 bits per heavy atom. The van der Waals surface area contributed by atoms with Crippen LogP contribution in [0.1, 0.15) is 19.8 Å². The van der Waals surface area contributed by atoms with Crippen LogP contribution in [0.15, 0.2) is 18.5 Å². The zero-order valence-corrected chi connectivity index (χ0v) is 15.7. The predicted octanol–water partition coefficient (Wildman–Crippen LogP) is 0.534. The fourth-order valence-corrected chi connectivity index (χ4v) is 4.97. The summed E-state index contributed by atoms with van der Waals surface area (Å²) in [6.45, 7) is 4.27. The van der Waals surface area contributed by atoms with Crippen molar-refractivity contribution in [2.24, 2.45) is 5.92 Å². The van der Waals surface area contributed by atoms with Crippen molar-refractivity contribution in [1.82, 2.24) is 24.8 Å². The number of anilines is 3. The van der Waals surface area contributed by atoms with Gasteiger partial charge in [-0.3, -0.25) is 4.79 Å². The molecular weight excluding hydrogens is 356 g/mol. The molecule has 1 unspecified atom stereocenters. The molecular formula is C19H22N8O. The van der Waals surface area contributed by atoms with Crippen LogP contribution in [0, 0.1) is 5.92 Å². The second-order valence-electron chi connectivity index (χ2n) is 8.34. The first-order chi connectivity index (χ1) is 13.6. The number of carbonyl (C=O) groups is 1. The molecule has 7 rings (SSSR count). The van der Waals surface area contributed by atoms with Crippen molar-refractivity contribution in [3.63, 3.8) is 0 Å². The first-order valence-electron chi connectivity index (χ1n) is 9.84. The number of aromatic nitrogens is 4. The molecule has 5 aliphatic rings. The van der Waals surface area contributed by atoms with E-state index in [0.29, 0.717) is 18.1 Å². The Morgan fingerprint density at radius 2 is 1.86 bits per heavy atom. The number of nitrogens with zero attached hydrogens (tertiary/aromatic N) is 7. The summed E-state index contributed by atoms with van der Waals surface area (Å²) in [6.07, 6.45) is 5.91. The molecule has 2 bridgehead atoms. The van der Waals surface area contributed by atoms with Crippen LogP contribution in [0.3, 0.4) is 0 Å². The first kappa shape index (κ1) is 16.0. The second kappa shape index (κ2) is 5.52. The van der Waals surface area contributed by atoms with Gasteiger partial charge < -0.3 is 20.4 Å². The zero-order chi connectivity index (χ0) is 19.0. The van der Waals surface area contributed by atoms with Gasteiger partial charge in [0.2, 0.25) is 17.8 Å². The summed E-state index contributed by atoms with van der Waals surface area (Å²) >= 11 is 0. The van der Waals surface area contributed by atoms with Crippen LogP contribution in [0.4, 0.5) is 17.7 Å². The lowest BCUT2D eigenvalue weighted by molar-refractivity contribution is -0.141. The predicted molar refractivity (Wildman–Crippen MR) is 104 cm³/mol. The fraction of sp³-hybridized carbons (Fsp3) is 0.526. The standard InChI is InChI=1S/C19H22N8O/c1-10(28)25-8-16-15(25)9-27(16)17-4-14(12-5-21-18(20)22-6-12)23-19(24-17)26-7-11-2-13(26)3-11/h4-6,11,13,15-16H,2-3,7-9H2,1H3,(H2,20,21,22)/t11?,13?,15?,16-/m1/s1. The highest BCUT2D eigenvalue weighted by Crippen LogP contribution is 2.44. The van der Waals surface area contributed by atoms with Gasteiger partial charge in [0, 0.05) is 56.6 Å². The first-order valence-corrected chi connectivity index (χ1v) is 9.84. The van der Waals surface area contributed by atoms with Gasteiger partial charge in [-0.1, -0.05) is 0 Å². The monoisotopic (exact) mass is 378 g/mol. The second-order valence-corrected chi connectivity index (χ2v) is 8.34. The van der Waals surface area contributed by atoms with Crippen molar-refractivity contribution in [1.29, 1.82) is 0 Å². The van der Waals surface area contributed by atoms with Crippen LogP contribution in [0.5, 0.6) is 0 Å². The normalized spacial score (nSPS) is 29.7. The Morgan fingerprint density at radius 1 is 1.07 bits per heavy atom. The highest BCUT2D eigenvalue weighted by Gasteiger charge is 2.53. The summed E-state index contributed by atoms with van der Waals surface area (Å²) in [4.78, 5) is 36.2. The van der Waals surface area contributed by atoms with Gasteiger partial charge in [-0.25, -0.2) is 15.0 Å². The molecule has 2 aromatic rings. The summed E-state index contributed by atoms with van der Waals surface area (Å²) in [7, 11) is 0. The van der Waals surface area contributed by atoms with Crippen molar-refractivity contribution >= 4 is 23.6 Å². The SMILES string of the molecule is CC(=O)N1C[C@@H]2C1CN2c1cc(-c2cnc(N)nc2)nc(N2CC3CC2C3)n1. The largest absolute Gasteiger partial charge is 0.368 e. The average Bonchev–Trinajstić information content (AvgIpc) is 3.24. The van der Waals surface area contributed by atoms with Gasteiger partial charge in [0.1, 0.15) is 5.82 Å².